The van der Waals surface area contributed by atoms with E-state index in [1.165, 1.54) is 25.3 Å². The van der Waals surface area contributed by atoms with Gasteiger partial charge in [0.15, 0.2) is 0 Å². The first-order valence-electron chi connectivity index (χ1n) is 10.5. The molecule has 0 fully saturated rings. The first kappa shape index (κ1) is 22.8. The molecule has 0 saturated heterocycles. The number of nitro benzene ring substituents is 1. The molecule has 1 aliphatic heterocycles. The first-order chi connectivity index (χ1) is 16.4. The molecule has 0 aliphatic carbocycles. The number of nitrogens with one attached hydrogen (secondary N) is 1. The lowest BCUT2D eigenvalue weighted by atomic mass is 9.90. The Balaban J connectivity index is 1.73. The van der Waals surface area contributed by atoms with Crippen LogP contribution in [0.2, 0.25) is 0 Å². The number of amides is 1. The highest BCUT2D eigenvalue weighted by Crippen LogP contribution is 2.38. The summed E-state index contributed by atoms with van der Waals surface area (Å²) < 4.78 is 4.66. The lowest BCUT2D eigenvalue weighted by Gasteiger charge is -2.14. The van der Waals surface area contributed by atoms with E-state index in [9.17, 15) is 19.7 Å². The summed E-state index contributed by atoms with van der Waals surface area (Å²) in [4.78, 5) is 40.1. The largest absolute Gasteiger partial charge is 0.468 e. The highest BCUT2D eigenvalue weighted by molar-refractivity contribution is 6.24. The molecular formula is C25H22N4O5. The molecule has 0 aromatic heterocycles. The second-order valence-electron chi connectivity index (χ2n) is 7.81. The summed E-state index contributed by atoms with van der Waals surface area (Å²) in [6.07, 6.45) is 0.310. The Kier molecular flexibility index (Phi) is 6.46. The number of nitro groups is 1. The highest BCUT2D eigenvalue weighted by Gasteiger charge is 2.36. The topological polar surface area (TPSA) is 137 Å². The number of carbonyl (C=O) groups is 2. The predicted molar refractivity (Wildman–Crippen MR) is 127 cm³/mol. The Bertz CT molecular complexity index is 1270. The number of benzene rings is 3. The molecule has 0 spiro atoms. The number of non-ortho nitro benzene ring substituents is 1. The first-order valence-corrected chi connectivity index (χ1v) is 10.5. The van der Waals surface area contributed by atoms with Gasteiger partial charge in [-0.3, -0.25) is 24.7 Å². The van der Waals surface area contributed by atoms with E-state index in [2.05, 4.69) is 10.1 Å². The number of hydrogen-bond donors (Lipinski definition) is 2. The quantitative estimate of drug-likeness (QED) is 0.241. The smallest absolute Gasteiger partial charge is 0.322 e. The van der Waals surface area contributed by atoms with E-state index in [1.807, 2.05) is 30.3 Å². The third-order valence-corrected chi connectivity index (χ3v) is 5.57. The number of hydrogen-bond acceptors (Lipinski definition) is 7. The summed E-state index contributed by atoms with van der Waals surface area (Å²) in [6, 6.07) is 19.9. The van der Waals surface area contributed by atoms with Crippen LogP contribution in [-0.4, -0.2) is 35.7 Å². The van der Waals surface area contributed by atoms with E-state index in [0.29, 0.717) is 29.1 Å². The summed E-state index contributed by atoms with van der Waals surface area (Å²) in [5.41, 5.74) is 9.37. The van der Waals surface area contributed by atoms with Crippen molar-refractivity contribution < 1.29 is 19.2 Å². The molecule has 172 valence electrons. The summed E-state index contributed by atoms with van der Waals surface area (Å²) >= 11 is 0. The molecule has 4 rings (SSSR count). The van der Waals surface area contributed by atoms with E-state index in [1.54, 1.807) is 24.3 Å². The number of rotatable bonds is 7. The van der Waals surface area contributed by atoms with Gasteiger partial charge in [-0.1, -0.05) is 42.5 Å². The third-order valence-electron chi connectivity index (χ3n) is 5.57. The van der Waals surface area contributed by atoms with Crippen molar-refractivity contribution >= 4 is 34.7 Å². The Morgan fingerprint density at radius 3 is 2.50 bits per heavy atom. The molecule has 3 aromatic carbocycles. The normalized spacial score (nSPS) is 15.9. The van der Waals surface area contributed by atoms with Crippen LogP contribution in [0, 0.1) is 10.1 Å². The maximum absolute atomic E-state index is 13.0. The number of esters is 1. The molecule has 0 bridgehead atoms. The number of nitrogens with two attached hydrogens (primary N) is 1. The minimum absolute atomic E-state index is 0.0982. The van der Waals surface area contributed by atoms with Crippen LogP contribution in [0.25, 0.3) is 0 Å². The molecule has 2 atom stereocenters. The van der Waals surface area contributed by atoms with Gasteiger partial charge in [0.05, 0.1) is 23.4 Å². The Morgan fingerprint density at radius 2 is 1.85 bits per heavy atom. The fourth-order valence-corrected chi connectivity index (χ4v) is 3.87. The number of anilines is 1. The van der Waals surface area contributed by atoms with Crippen molar-refractivity contribution in [3.8, 4) is 0 Å². The van der Waals surface area contributed by atoms with Gasteiger partial charge in [0.1, 0.15) is 12.0 Å². The van der Waals surface area contributed by atoms with Gasteiger partial charge in [-0.05, 0) is 35.7 Å². The lowest BCUT2D eigenvalue weighted by molar-refractivity contribution is -0.384. The zero-order valence-electron chi connectivity index (χ0n) is 18.3. The van der Waals surface area contributed by atoms with E-state index < -0.39 is 22.9 Å². The second-order valence-corrected chi connectivity index (χ2v) is 7.81. The number of aliphatic imine (C=N–C) groups is 1. The molecule has 3 N–H and O–H groups in total. The van der Waals surface area contributed by atoms with E-state index in [4.69, 9.17) is 10.7 Å². The van der Waals surface area contributed by atoms with Gasteiger partial charge in [-0.15, -0.1) is 0 Å². The van der Waals surface area contributed by atoms with Crippen molar-refractivity contribution in [1.82, 2.24) is 0 Å². The number of carbonyl (C=O) groups excluding carboxylic acids is 2. The van der Waals surface area contributed by atoms with Gasteiger partial charge in [-0.25, -0.2) is 0 Å². The van der Waals surface area contributed by atoms with Crippen molar-refractivity contribution in [2.75, 3.05) is 12.4 Å². The van der Waals surface area contributed by atoms with Gasteiger partial charge < -0.3 is 15.8 Å². The summed E-state index contributed by atoms with van der Waals surface area (Å²) in [7, 11) is 1.29. The van der Waals surface area contributed by atoms with Crippen LogP contribution < -0.4 is 11.1 Å². The van der Waals surface area contributed by atoms with Gasteiger partial charge in [0, 0.05) is 23.4 Å². The number of fused-ring (bicyclic) bond motifs is 1. The zero-order chi connectivity index (χ0) is 24.2. The van der Waals surface area contributed by atoms with Crippen LogP contribution in [0.5, 0.6) is 0 Å². The Morgan fingerprint density at radius 1 is 1.15 bits per heavy atom. The van der Waals surface area contributed by atoms with Crippen LogP contribution >= 0.6 is 0 Å². The molecular weight excluding hydrogens is 436 g/mol. The van der Waals surface area contributed by atoms with Crippen molar-refractivity contribution in [3.63, 3.8) is 0 Å². The van der Waals surface area contributed by atoms with Gasteiger partial charge in [0.25, 0.3) is 5.69 Å². The van der Waals surface area contributed by atoms with E-state index in [-0.39, 0.29) is 11.6 Å². The molecule has 0 radical (unpaired) electrons. The molecule has 34 heavy (non-hydrogen) atoms. The van der Waals surface area contributed by atoms with E-state index in [0.717, 1.165) is 11.1 Å². The van der Waals surface area contributed by atoms with Gasteiger partial charge >= 0.3 is 5.97 Å². The fourth-order valence-electron chi connectivity index (χ4n) is 3.87. The maximum atomic E-state index is 13.0. The standard InChI is InChI=1S/C25H22N4O5/c1-34-25(31)20(26)13-15-7-9-17(10-8-15)27-23(16-5-3-2-4-6-16)22-19-14-18(29(32)33)11-12-21(19)28-24(22)30/h2-12,14,20,22H,13,26H2,1H3,(H,28,30). The molecule has 9 heteroatoms. The molecule has 1 heterocycles. The average molecular weight is 458 g/mol. The highest BCUT2D eigenvalue weighted by atomic mass is 16.6. The monoisotopic (exact) mass is 458 g/mol. The van der Waals surface area contributed by atoms with Crippen LogP contribution in [0.15, 0.2) is 77.8 Å². The number of ether oxygens (including phenoxy) is 1. The predicted octanol–water partition coefficient (Wildman–Crippen LogP) is 3.49. The minimum Gasteiger partial charge on any atom is -0.468 e. The summed E-state index contributed by atoms with van der Waals surface area (Å²) in [6.45, 7) is 0. The Hall–Kier alpha value is -4.37. The maximum Gasteiger partial charge on any atom is 0.322 e. The fraction of sp³-hybridized carbons (Fsp3) is 0.160. The molecule has 1 aliphatic rings. The molecule has 3 aromatic rings. The van der Waals surface area contributed by atoms with Crippen molar-refractivity contribution in [3.05, 3.63) is 99.6 Å². The summed E-state index contributed by atoms with van der Waals surface area (Å²) in [5.74, 6) is -1.61. The molecule has 0 saturated carbocycles. The minimum atomic E-state index is -0.815. The zero-order valence-corrected chi connectivity index (χ0v) is 18.3. The van der Waals surface area contributed by atoms with Crippen molar-refractivity contribution in [2.24, 2.45) is 10.7 Å². The summed E-state index contributed by atoms with van der Waals surface area (Å²) in [5, 5.41) is 14.1. The molecule has 9 nitrogen and oxygen atoms in total. The number of nitrogens with zero attached hydrogens (tertiary/aromatic N) is 2. The Labute approximate surface area is 195 Å². The molecule has 2 unspecified atom stereocenters. The lowest BCUT2D eigenvalue weighted by Crippen LogP contribution is -2.33. The molecule has 1 amide bonds. The van der Waals surface area contributed by atoms with Crippen molar-refractivity contribution in [2.45, 2.75) is 18.4 Å². The van der Waals surface area contributed by atoms with Crippen LogP contribution in [0.3, 0.4) is 0 Å². The SMILES string of the molecule is COC(=O)C(N)Cc1ccc(N=C(c2ccccc2)C2C(=O)Nc3ccc([N+](=O)[O-])cc32)cc1. The number of methoxy groups -OCH3 is 1. The average Bonchev–Trinajstić information content (AvgIpc) is 3.18. The van der Waals surface area contributed by atoms with Crippen LogP contribution in [-0.2, 0) is 20.7 Å². The van der Waals surface area contributed by atoms with Crippen LogP contribution in [0.4, 0.5) is 17.1 Å². The van der Waals surface area contributed by atoms with E-state index >= 15 is 0 Å². The van der Waals surface area contributed by atoms with Gasteiger partial charge in [0.2, 0.25) is 5.91 Å². The van der Waals surface area contributed by atoms with Crippen LogP contribution in [0.1, 0.15) is 22.6 Å². The van der Waals surface area contributed by atoms with Crippen molar-refractivity contribution in [1.29, 1.82) is 0 Å². The third kappa shape index (κ3) is 4.69. The second kappa shape index (κ2) is 9.63. The van der Waals surface area contributed by atoms with Gasteiger partial charge in [-0.2, -0.15) is 0 Å².